The van der Waals surface area contributed by atoms with Crippen LogP contribution in [-0.2, 0) is 9.53 Å². The van der Waals surface area contributed by atoms with Crippen molar-refractivity contribution in [3.05, 3.63) is 24.3 Å². The number of carbonyl (C=O) groups is 2. The Balaban J connectivity index is 2.44. The summed E-state index contributed by atoms with van der Waals surface area (Å²) in [5.74, 6) is -0.946. The van der Waals surface area contributed by atoms with E-state index in [1.54, 1.807) is 19.1 Å². The third kappa shape index (κ3) is 6.56. The first-order valence-electron chi connectivity index (χ1n) is 6.83. The number of urea groups is 1. The van der Waals surface area contributed by atoms with Crippen molar-refractivity contribution in [1.82, 2.24) is 0 Å². The van der Waals surface area contributed by atoms with Crippen LogP contribution in [0.15, 0.2) is 29.3 Å². The molecule has 1 unspecified atom stereocenters. The molecular weight excluding hydrogens is 272 g/mol. The predicted molar refractivity (Wildman–Crippen MR) is 80.6 cm³/mol. The highest BCUT2D eigenvalue weighted by atomic mass is 16.5. The average Bonchev–Trinajstić information content (AvgIpc) is 2.45. The van der Waals surface area contributed by atoms with Gasteiger partial charge in [0.1, 0.15) is 5.75 Å². The van der Waals surface area contributed by atoms with Gasteiger partial charge in [0, 0.05) is 18.0 Å². The summed E-state index contributed by atoms with van der Waals surface area (Å²) in [6.07, 6.45) is 3.00. The zero-order valence-corrected chi connectivity index (χ0v) is 12.2. The Labute approximate surface area is 123 Å². The number of rotatable bonds is 6. The number of benzene rings is 1. The molecule has 1 atom stereocenters. The van der Waals surface area contributed by atoms with E-state index in [0.717, 1.165) is 12.8 Å². The number of nitrogens with one attached hydrogen (secondary N) is 1. The van der Waals surface area contributed by atoms with Gasteiger partial charge in [-0.1, -0.05) is 19.4 Å². The Hall–Kier alpha value is -2.37. The molecule has 6 heteroatoms. The number of carbonyl (C=O) groups excluding carboxylic acids is 2. The molecule has 6 nitrogen and oxygen atoms in total. The van der Waals surface area contributed by atoms with Gasteiger partial charge in [-0.2, -0.15) is 0 Å². The molecule has 0 aliphatic carbocycles. The summed E-state index contributed by atoms with van der Waals surface area (Å²) in [5.41, 5.74) is 0.426. The van der Waals surface area contributed by atoms with Crippen LogP contribution in [-0.4, -0.2) is 29.9 Å². The first kappa shape index (κ1) is 16.7. The molecule has 0 aliphatic rings. The quantitative estimate of drug-likeness (QED) is 0.479. The fourth-order valence-corrected chi connectivity index (χ4v) is 1.43. The molecule has 21 heavy (non-hydrogen) atoms. The molecule has 0 radical (unpaired) electrons. The van der Waals surface area contributed by atoms with Crippen molar-refractivity contribution in [3.63, 3.8) is 0 Å². The summed E-state index contributed by atoms with van der Waals surface area (Å²) in [6, 6.07) is 5.50. The Morgan fingerprint density at radius 2 is 2.24 bits per heavy atom. The van der Waals surface area contributed by atoms with Crippen molar-refractivity contribution in [1.29, 1.82) is 0 Å². The lowest BCUT2D eigenvalue weighted by Crippen LogP contribution is -2.18. The maximum atomic E-state index is 11.6. The molecule has 0 bridgehead atoms. The number of hydrogen-bond donors (Lipinski definition) is 2. The average molecular weight is 292 g/mol. The number of aliphatic imine (C=N–C) groups is 1. The minimum Gasteiger partial charge on any atom is -0.508 e. The van der Waals surface area contributed by atoms with Gasteiger partial charge in [-0.25, -0.2) is 9.79 Å². The Kier molecular flexibility index (Phi) is 6.94. The fourth-order valence-electron chi connectivity index (χ4n) is 1.43. The number of esters is 1. The molecule has 0 saturated heterocycles. The Bertz CT molecular complexity index is 514. The van der Waals surface area contributed by atoms with Crippen molar-refractivity contribution >= 4 is 23.9 Å². The molecule has 0 aromatic heterocycles. The van der Waals surface area contributed by atoms with Gasteiger partial charge in [0.05, 0.1) is 12.5 Å². The van der Waals surface area contributed by atoms with Gasteiger partial charge in [-0.3, -0.25) is 4.79 Å². The highest BCUT2D eigenvalue weighted by molar-refractivity contribution is 5.99. The number of unbranched alkanes of at least 4 members (excludes halogenated alkanes) is 1. The molecule has 2 N–H and O–H groups in total. The lowest BCUT2D eigenvalue weighted by molar-refractivity contribution is -0.145. The number of phenolic OH excluding ortho intramolecular Hbond substituents is 1. The van der Waals surface area contributed by atoms with Crippen LogP contribution in [0, 0.1) is 5.92 Å². The summed E-state index contributed by atoms with van der Waals surface area (Å²) >= 11 is 0. The van der Waals surface area contributed by atoms with Crippen molar-refractivity contribution in [2.75, 3.05) is 11.9 Å². The molecule has 0 saturated carbocycles. The van der Waals surface area contributed by atoms with Crippen LogP contribution in [0.2, 0.25) is 0 Å². The maximum Gasteiger partial charge on any atom is 0.345 e. The highest BCUT2D eigenvalue weighted by Gasteiger charge is 2.12. The molecular formula is C15H20N2O4. The van der Waals surface area contributed by atoms with E-state index >= 15 is 0 Å². The number of amides is 2. The maximum absolute atomic E-state index is 11.6. The lowest BCUT2D eigenvalue weighted by Gasteiger charge is -2.06. The summed E-state index contributed by atoms with van der Waals surface area (Å²) in [4.78, 5) is 26.8. The second-order valence-corrected chi connectivity index (χ2v) is 4.57. The van der Waals surface area contributed by atoms with E-state index in [4.69, 9.17) is 4.74 Å². The molecule has 0 fully saturated rings. The first-order valence-corrected chi connectivity index (χ1v) is 6.83. The monoisotopic (exact) mass is 292 g/mol. The third-order valence-corrected chi connectivity index (χ3v) is 2.63. The van der Waals surface area contributed by atoms with Gasteiger partial charge in [-0.05, 0) is 25.5 Å². The van der Waals surface area contributed by atoms with Gasteiger partial charge in [0.25, 0.3) is 0 Å². The van der Waals surface area contributed by atoms with Gasteiger partial charge in [0.15, 0.2) is 0 Å². The first-order chi connectivity index (χ1) is 10.0. The Morgan fingerprint density at radius 3 is 2.90 bits per heavy atom. The van der Waals surface area contributed by atoms with Crippen LogP contribution in [0.5, 0.6) is 5.75 Å². The molecule has 0 spiro atoms. The van der Waals surface area contributed by atoms with Crippen LogP contribution in [0.25, 0.3) is 0 Å². The van der Waals surface area contributed by atoms with Crippen molar-refractivity contribution in [2.24, 2.45) is 10.9 Å². The molecule has 1 aromatic carbocycles. The van der Waals surface area contributed by atoms with Crippen molar-refractivity contribution in [2.45, 2.75) is 26.7 Å². The summed E-state index contributed by atoms with van der Waals surface area (Å²) in [7, 11) is 0. The summed E-state index contributed by atoms with van der Waals surface area (Å²) in [6.45, 7) is 3.99. The van der Waals surface area contributed by atoms with Crippen LogP contribution in [0.3, 0.4) is 0 Å². The van der Waals surface area contributed by atoms with E-state index in [1.807, 2.05) is 6.92 Å². The molecule has 2 amide bonds. The highest BCUT2D eigenvalue weighted by Crippen LogP contribution is 2.15. The third-order valence-electron chi connectivity index (χ3n) is 2.63. The topological polar surface area (TPSA) is 88.0 Å². The SMILES string of the molecule is CCCCOC(=O)C(C)C=NC(=O)Nc1cccc(O)c1. The number of ether oxygens (including phenoxy) is 1. The van der Waals surface area contributed by atoms with E-state index in [-0.39, 0.29) is 5.75 Å². The Morgan fingerprint density at radius 1 is 1.48 bits per heavy atom. The number of hydrogen-bond acceptors (Lipinski definition) is 4. The molecule has 0 heterocycles. The number of aromatic hydroxyl groups is 1. The second kappa shape index (κ2) is 8.73. The van der Waals surface area contributed by atoms with E-state index in [0.29, 0.717) is 12.3 Å². The standard InChI is InChI=1S/C15H20N2O4/c1-3-4-8-21-14(19)11(2)10-16-15(20)17-12-6-5-7-13(18)9-12/h5-7,9-11,18H,3-4,8H2,1-2H3,(H,17,20). The molecule has 0 aliphatic heterocycles. The lowest BCUT2D eigenvalue weighted by atomic mass is 10.2. The van der Waals surface area contributed by atoms with Crippen molar-refractivity contribution < 1.29 is 19.4 Å². The predicted octanol–water partition coefficient (Wildman–Crippen LogP) is 2.97. The van der Waals surface area contributed by atoms with Gasteiger partial charge >= 0.3 is 12.0 Å². The van der Waals surface area contributed by atoms with E-state index < -0.39 is 17.9 Å². The van der Waals surface area contributed by atoms with E-state index in [1.165, 1.54) is 18.3 Å². The normalized spacial score (nSPS) is 12.1. The van der Waals surface area contributed by atoms with Crippen molar-refractivity contribution in [3.8, 4) is 5.75 Å². The van der Waals surface area contributed by atoms with Crippen LogP contribution in [0.1, 0.15) is 26.7 Å². The summed E-state index contributed by atoms with van der Waals surface area (Å²) in [5, 5.41) is 11.7. The van der Waals surface area contributed by atoms with Gasteiger partial charge in [0.2, 0.25) is 0 Å². The minimum absolute atomic E-state index is 0.0460. The minimum atomic E-state index is -0.617. The number of anilines is 1. The van der Waals surface area contributed by atoms with Gasteiger partial charge < -0.3 is 15.2 Å². The van der Waals surface area contributed by atoms with E-state index in [9.17, 15) is 14.7 Å². The second-order valence-electron chi connectivity index (χ2n) is 4.57. The molecule has 1 rings (SSSR count). The van der Waals surface area contributed by atoms with Crippen LogP contribution < -0.4 is 5.32 Å². The number of phenols is 1. The zero-order chi connectivity index (χ0) is 15.7. The van der Waals surface area contributed by atoms with Crippen LogP contribution in [0.4, 0.5) is 10.5 Å². The van der Waals surface area contributed by atoms with Gasteiger partial charge in [-0.15, -0.1) is 0 Å². The van der Waals surface area contributed by atoms with Crippen LogP contribution >= 0.6 is 0 Å². The summed E-state index contributed by atoms with van der Waals surface area (Å²) < 4.78 is 5.02. The molecule has 114 valence electrons. The fraction of sp³-hybridized carbons (Fsp3) is 0.400. The zero-order valence-electron chi connectivity index (χ0n) is 12.2. The largest absolute Gasteiger partial charge is 0.508 e. The molecule has 1 aromatic rings. The van der Waals surface area contributed by atoms with E-state index in [2.05, 4.69) is 10.3 Å². The number of nitrogens with zero attached hydrogens (tertiary/aromatic N) is 1. The smallest absolute Gasteiger partial charge is 0.345 e.